The number of phenols is 1. The van der Waals surface area contributed by atoms with Gasteiger partial charge in [0, 0.05) is 11.8 Å². The number of phenolic OH excluding ortho intramolecular Hbond substituents is 1. The molecule has 2 fully saturated rings. The number of aryl methyl sites for hydroxylation is 1. The Morgan fingerprint density at radius 2 is 2.26 bits per heavy atom. The molecule has 2 aliphatic rings. The van der Waals surface area contributed by atoms with E-state index in [0.717, 1.165) is 18.5 Å². The van der Waals surface area contributed by atoms with Crippen LogP contribution in [0.1, 0.15) is 24.8 Å². The smallest absolute Gasteiger partial charge is 0.241 e. The molecule has 1 saturated carbocycles. The van der Waals surface area contributed by atoms with Gasteiger partial charge in [-0.2, -0.15) is 0 Å². The van der Waals surface area contributed by atoms with E-state index in [2.05, 4.69) is 10.6 Å². The lowest BCUT2D eigenvalue weighted by molar-refractivity contribution is -0.118. The molecule has 1 aliphatic carbocycles. The molecule has 1 saturated heterocycles. The summed E-state index contributed by atoms with van der Waals surface area (Å²) in [5.41, 5.74) is 1.48. The van der Waals surface area contributed by atoms with Crippen molar-refractivity contribution in [1.82, 2.24) is 5.32 Å². The Kier molecular flexibility index (Phi) is 3.19. The zero-order valence-electron chi connectivity index (χ0n) is 11.1. The maximum atomic E-state index is 12.3. The lowest BCUT2D eigenvalue weighted by Crippen LogP contribution is -2.39. The third-order valence-electron chi connectivity index (χ3n) is 4.51. The van der Waals surface area contributed by atoms with Crippen LogP contribution < -0.4 is 10.6 Å². The monoisotopic (exact) mass is 260 g/mol. The van der Waals surface area contributed by atoms with E-state index in [1.54, 1.807) is 6.07 Å². The molecule has 3 N–H and O–H groups in total. The molecule has 3 rings (SSSR count). The molecule has 4 nitrogen and oxygen atoms in total. The van der Waals surface area contributed by atoms with Crippen molar-refractivity contribution in [1.29, 1.82) is 0 Å². The molecule has 0 aromatic heterocycles. The Hall–Kier alpha value is -1.55. The second kappa shape index (κ2) is 4.85. The van der Waals surface area contributed by atoms with Crippen LogP contribution in [-0.2, 0) is 4.79 Å². The second-order valence-corrected chi connectivity index (χ2v) is 5.73. The van der Waals surface area contributed by atoms with Gasteiger partial charge >= 0.3 is 0 Å². The summed E-state index contributed by atoms with van der Waals surface area (Å²) in [6.45, 7) is 2.80. The molecule has 1 aromatic carbocycles. The molecular weight excluding hydrogens is 240 g/mol. The van der Waals surface area contributed by atoms with E-state index < -0.39 is 0 Å². The summed E-state index contributed by atoms with van der Waals surface area (Å²) in [4.78, 5) is 12.3. The van der Waals surface area contributed by atoms with E-state index in [4.69, 9.17) is 0 Å². The predicted molar refractivity (Wildman–Crippen MR) is 74.1 cm³/mol. The van der Waals surface area contributed by atoms with Crippen LogP contribution in [0.15, 0.2) is 18.2 Å². The van der Waals surface area contributed by atoms with Crippen LogP contribution in [0.2, 0.25) is 0 Å². The molecular formula is C15H20N2O2. The van der Waals surface area contributed by atoms with E-state index in [1.807, 2.05) is 19.1 Å². The highest BCUT2D eigenvalue weighted by molar-refractivity contribution is 5.95. The molecule has 0 spiro atoms. The van der Waals surface area contributed by atoms with Crippen LogP contribution in [0.4, 0.5) is 5.69 Å². The highest BCUT2D eigenvalue weighted by Crippen LogP contribution is 2.38. The van der Waals surface area contributed by atoms with Crippen molar-refractivity contribution in [3.05, 3.63) is 23.8 Å². The van der Waals surface area contributed by atoms with Gasteiger partial charge in [0.2, 0.25) is 5.91 Å². The number of rotatable bonds is 2. The van der Waals surface area contributed by atoms with E-state index in [-0.39, 0.29) is 17.7 Å². The summed E-state index contributed by atoms with van der Waals surface area (Å²) in [6, 6.07) is 5.17. The molecule has 0 radical (unpaired) electrons. The topological polar surface area (TPSA) is 61.4 Å². The Morgan fingerprint density at radius 3 is 3.05 bits per heavy atom. The lowest BCUT2D eigenvalue weighted by Gasteiger charge is -2.18. The molecule has 3 unspecified atom stereocenters. The fourth-order valence-corrected chi connectivity index (χ4v) is 3.38. The zero-order chi connectivity index (χ0) is 13.4. The van der Waals surface area contributed by atoms with Crippen LogP contribution in [0.3, 0.4) is 0 Å². The molecule has 1 aliphatic heterocycles. The number of anilines is 1. The minimum absolute atomic E-state index is 0.0256. The molecule has 3 atom stereocenters. The first-order valence-electron chi connectivity index (χ1n) is 6.99. The highest BCUT2D eigenvalue weighted by Gasteiger charge is 2.42. The number of hydrogen-bond acceptors (Lipinski definition) is 3. The number of benzene rings is 1. The summed E-state index contributed by atoms with van der Waals surface area (Å²) >= 11 is 0. The number of carbonyl (C=O) groups excluding carboxylic acids is 1. The first kappa shape index (κ1) is 12.5. The lowest BCUT2D eigenvalue weighted by atomic mass is 9.93. The largest absolute Gasteiger partial charge is 0.508 e. The van der Waals surface area contributed by atoms with Crippen molar-refractivity contribution in [2.24, 2.45) is 11.8 Å². The summed E-state index contributed by atoms with van der Waals surface area (Å²) in [5.74, 6) is 1.40. The fourth-order valence-electron chi connectivity index (χ4n) is 3.38. The number of hydrogen-bond donors (Lipinski definition) is 3. The third-order valence-corrected chi connectivity index (χ3v) is 4.51. The first-order valence-corrected chi connectivity index (χ1v) is 6.99. The van der Waals surface area contributed by atoms with Gasteiger partial charge in [-0.3, -0.25) is 4.79 Å². The van der Waals surface area contributed by atoms with Crippen LogP contribution in [-0.4, -0.2) is 23.6 Å². The van der Waals surface area contributed by atoms with Gasteiger partial charge in [0.1, 0.15) is 5.75 Å². The zero-order valence-corrected chi connectivity index (χ0v) is 11.1. The van der Waals surface area contributed by atoms with Gasteiger partial charge in [-0.25, -0.2) is 0 Å². The second-order valence-electron chi connectivity index (χ2n) is 5.73. The van der Waals surface area contributed by atoms with Crippen molar-refractivity contribution >= 4 is 11.6 Å². The predicted octanol–water partition coefficient (Wildman–Crippen LogP) is 2.03. The quantitative estimate of drug-likeness (QED) is 0.762. The van der Waals surface area contributed by atoms with E-state index >= 15 is 0 Å². The molecule has 1 aromatic rings. The van der Waals surface area contributed by atoms with E-state index in [0.29, 0.717) is 17.5 Å². The van der Waals surface area contributed by atoms with E-state index in [1.165, 1.54) is 12.8 Å². The minimum Gasteiger partial charge on any atom is -0.508 e. The number of carbonyl (C=O) groups is 1. The molecule has 19 heavy (non-hydrogen) atoms. The van der Waals surface area contributed by atoms with Crippen molar-refractivity contribution < 1.29 is 9.90 Å². The average molecular weight is 260 g/mol. The van der Waals surface area contributed by atoms with Gasteiger partial charge in [-0.1, -0.05) is 12.5 Å². The van der Waals surface area contributed by atoms with Gasteiger partial charge in [0.25, 0.3) is 0 Å². The number of nitrogens with one attached hydrogen (secondary N) is 2. The molecule has 1 amide bonds. The summed E-state index contributed by atoms with van der Waals surface area (Å²) < 4.78 is 0. The fraction of sp³-hybridized carbons (Fsp3) is 0.533. The van der Waals surface area contributed by atoms with Gasteiger partial charge in [-0.15, -0.1) is 0 Å². The standard InChI is InChI=1S/C15H20N2O2/c1-9-5-6-11(7-13(9)18)17-15(19)14-12-4-2-3-10(12)8-16-14/h5-7,10,12,14,16,18H,2-4,8H2,1H3,(H,17,19). The van der Waals surface area contributed by atoms with Crippen molar-refractivity contribution in [2.75, 3.05) is 11.9 Å². The minimum atomic E-state index is -0.0732. The Balaban J connectivity index is 1.69. The van der Waals surface area contributed by atoms with Crippen LogP contribution >= 0.6 is 0 Å². The van der Waals surface area contributed by atoms with Gasteiger partial charge in [-0.05, 0) is 49.8 Å². The van der Waals surface area contributed by atoms with Gasteiger partial charge in [0.05, 0.1) is 6.04 Å². The number of aromatic hydroxyl groups is 1. The summed E-state index contributed by atoms with van der Waals surface area (Å²) in [6.07, 6.45) is 3.63. The number of fused-ring (bicyclic) bond motifs is 1. The Labute approximate surface area is 113 Å². The highest BCUT2D eigenvalue weighted by atomic mass is 16.3. The maximum Gasteiger partial charge on any atom is 0.241 e. The van der Waals surface area contributed by atoms with Crippen molar-refractivity contribution in [3.8, 4) is 5.75 Å². The SMILES string of the molecule is Cc1ccc(NC(=O)C2NCC3CCCC32)cc1O. The van der Waals surface area contributed by atoms with Crippen LogP contribution in [0, 0.1) is 18.8 Å². The van der Waals surface area contributed by atoms with Crippen LogP contribution in [0.25, 0.3) is 0 Å². The Morgan fingerprint density at radius 1 is 1.42 bits per heavy atom. The molecule has 102 valence electrons. The van der Waals surface area contributed by atoms with Gasteiger partial charge in [0.15, 0.2) is 0 Å². The van der Waals surface area contributed by atoms with Crippen molar-refractivity contribution in [3.63, 3.8) is 0 Å². The molecule has 4 heteroatoms. The third kappa shape index (κ3) is 2.32. The number of amides is 1. The normalized spacial score (nSPS) is 29.2. The average Bonchev–Trinajstić information content (AvgIpc) is 2.95. The Bertz CT molecular complexity index is 501. The first-order chi connectivity index (χ1) is 9.15. The maximum absolute atomic E-state index is 12.3. The summed E-state index contributed by atoms with van der Waals surface area (Å²) in [7, 11) is 0. The van der Waals surface area contributed by atoms with Gasteiger partial charge < -0.3 is 15.7 Å². The summed E-state index contributed by atoms with van der Waals surface area (Å²) in [5, 5.41) is 15.9. The molecule has 1 heterocycles. The van der Waals surface area contributed by atoms with Crippen LogP contribution in [0.5, 0.6) is 5.75 Å². The van der Waals surface area contributed by atoms with Crippen molar-refractivity contribution in [2.45, 2.75) is 32.2 Å². The molecule has 0 bridgehead atoms. The van der Waals surface area contributed by atoms with E-state index in [9.17, 15) is 9.90 Å².